The third-order valence-electron chi connectivity index (χ3n) is 3.22. The monoisotopic (exact) mass is 282 g/mol. The van der Waals surface area contributed by atoms with Crippen LogP contribution in [0, 0.1) is 13.8 Å². The van der Waals surface area contributed by atoms with Crippen molar-refractivity contribution < 1.29 is 9.63 Å². The summed E-state index contributed by atoms with van der Waals surface area (Å²) in [4.78, 5) is 8.47. The maximum absolute atomic E-state index is 9.81. The van der Waals surface area contributed by atoms with E-state index in [-0.39, 0.29) is 11.6 Å². The third kappa shape index (κ3) is 2.31. The van der Waals surface area contributed by atoms with Crippen LogP contribution in [0.25, 0.3) is 23.0 Å². The van der Waals surface area contributed by atoms with Gasteiger partial charge in [0.05, 0.1) is 5.69 Å². The molecule has 6 nitrogen and oxygen atoms in total. The lowest BCUT2D eigenvalue weighted by molar-refractivity contribution is 0.431. The van der Waals surface area contributed by atoms with Crippen molar-refractivity contribution >= 4 is 5.69 Å². The summed E-state index contributed by atoms with van der Waals surface area (Å²) in [5.41, 5.74) is 9.07. The predicted octanol–water partition coefficient (Wildman–Crippen LogP) is 2.70. The molecule has 0 fully saturated rings. The van der Waals surface area contributed by atoms with Gasteiger partial charge in [-0.05, 0) is 49.2 Å². The zero-order valence-electron chi connectivity index (χ0n) is 11.7. The van der Waals surface area contributed by atoms with Crippen LogP contribution in [-0.2, 0) is 0 Å². The molecule has 2 heterocycles. The van der Waals surface area contributed by atoms with Gasteiger partial charge in [-0.3, -0.25) is 0 Å². The second-order valence-corrected chi connectivity index (χ2v) is 4.82. The van der Waals surface area contributed by atoms with E-state index in [0.29, 0.717) is 17.2 Å². The number of aromatic hydroxyl groups is 1. The van der Waals surface area contributed by atoms with Gasteiger partial charge in [0.25, 0.3) is 5.89 Å². The molecule has 21 heavy (non-hydrogen) atoms. The summed E-state index contributed by atoms with van der Waals surface area (Å²) in [5.74, 6) is 0.976. The molecule has 6 heteroatoms. The molecule has 3 rings (SSSR count). The fourth-order valence-electron chi connectivity index (χ4n) is 2.12. The number of aryl methyl sites for hydroxylation is 2. The van der Waals surface area contributed by atoms with Gasteiger partial charge in [0.1, 0.15) is 5.75 Å². The molecule has 0 amide bonds. The van der Waals surface area contributed by atoms with Gasteiger partial charge in [0, 0.05) is 11.8 Å². The number of nitrogen functional groups attached to an aromatic ring is 1. The third-order valence-corrected chi connectivity index (χ3v) is 3.22. The standard InChI is InChI=1S/C15H14N4O2/c1-8-6-10(7-9(2)13(8)20)14-18-15(21-19-14)12-11(16)4-3-5-17-12/h3-7,20H,16H2,1-2H3. The first-order valence-corrected chi connectivity index (χ1v) is 6.41. The molecule has 3 aromatic rings. The van der Waals surface area contributed by atoms with E-state index < -0.39 is 0 Å². The van der Waals surface area contributed by atoms with Crippen molar-refractivity contribution in [2.45, 2.75) is 13.8 Å². The Hall–Kier alpha value is -2.89. The summed E-state index contributed by atoms with van der Waals surface area (Å²) < 4.78 is 5.23. The zero-order chi connectivity index (χ0) is 15.0. The number of benzene rings is 1. The summed E-state index contributed by atoms with van der Waals surface area (Å²) in [7, 11) is 0. The van der Waals surface area contributed by atoms with Gasteiger partial charge in [-0.1, -0.05) is 5.16 Å². The minimum absolute atomic E-state index is 0.270. The molecule has 1 aromatic carbocycles. The Morgan fingerprint density at radius 2 is 1.90 bits per heavy atom. The molecular formula is C15H14N4O2. The zero-order valence-corrected chi connectivity index (χ0v) is 11.7. The first-order chi connectivity index (χ1) is 10.1. The number of anilines is 1. The Balaban J connectivity index is 2.05. The maximum atomic E-state index is 9.81. The fraction of sp³-hybridized carbons (Fsp3) is 0.133. The van der Waals surface area contributed by atoms with E-state index in [1.54, 1.807) is 30.5 Å². The topological polar surface area (TPSA) is 98.1 Å². The number of nitrogens with zero attached hydrogens (tertiary/aromatic N) is 3. The summed E-state index contributed by atoms with van der Waals surface area (Å²) in [5, 5.41) is 13.8. The highest BCUT2D eigenvalue weighted by Gasteiger charge is 2.15. The van der Waals surface area contributed by atoms with Gasteiger partial charge in [0.2, 0.25) is 5.82 Å². The Kier molecular flexibility index (Phi) is 3.06. The number of hydrogen-bond donors (Lipinski definition) is 2. The van der Waals surface area contributed by atoms with E-state index in [4.69, 9.17) is 10.3 Å². The largest absolute Gasteiger partial charge is 0.507 e. The van der Waals surface area contributed by atoms with Gasteiger partial charge in [0.15, 0.2) is 5.69 Å². The van der Waals surface area contributed by atoms with Crippen LogP contribution in [0.5, 0.6) is 5.75 Å². The SMILES string of the molecule is Cc1cc(-c2noc(-c3ncccc3N)n2)cc(C)c1O. The number of phenolic OH excluding ortho intramolecular Hbond substituents is 1. The van der Waals surface area contributed by atoms with Crippen LogP contribution in [0.3, 0.4) is 0 Å². The molecule has 0 bridgehead atoms. The molecule has 3 N–H and O–H groups in total. The van der Waals surface area contributed by atoms with Crippen molar-refractivity contribution in [2.24, 2.45) is 0 Å². The molecule has 2 aromatic heterocycles. The second kappa shape index (κ2) is 4.90. The smallest absolute Gasteiger partial charge is 0.278 e. The van der Waals surface area contributed by atoms with Gasteiger partial charge >= 0.3 is 0 Å². The van der Waals surface area contributed by atoms with Crippen molar-refractivity contribution in [1.82, 2.24) is 15.1 Å². The highest BCUT2D eigenvalue weighted by molar-refractivity contribution is 5.68. The lowest BCUT2D eigenvalue weighted by Crippen LogP contribution is -1.92. The molecule has 0 atom stereocenters. The average Bonchev–Trinajstić information content (AvgIpc) is 2.94. The van der Waals surface area contributed by atoms with E-state index in [9.17, 15) is 5.11 Å². The van der Waals surface area contributed by atoms with Gasteiger partial charge < -0.3 is 15.4 Å². The normalized spacial score (nSPS) is 10.8. The van der Waals surface area contributed by atoms with Crippen molar-refractivity contribution in [3.05, 3.63) is 41.6 Å². The van der Waals surface area contributed by atoms with Crippen LogP contribution in [0.1, 0.15) is 11.1 Å². The van der Waals surface area contributed by atoms with Crippen molar-refractivity contribution in [3.63, 3.8) is 0 Å². The van der Waals surface area contributed by atoms with Crippen LogP contribution >= 0.6 is 0 Å². The van der Waals surface area contributed by atoms with Crippen molar-refractivity contribution in [3.8, 4) is 28.7 Å². The number of nitrogens with two attached hydrogens (primary N) is 1. The molecule has 0 spiro atoms. The van der Waals surface area contributed by atoms with E-state index in [1.807, 2.05) is 13.8 Å². The number of aromatic nitrogens is 3. The predicted molar refractivity (Wildman–Crippen MR) is 78.5 cm³/mol. The maximum Gasteiger partial charge on any atom is 0.278 e. The number of pyridine rings is 1. The van der Waals surface area contributed by atoms with E-state index in [2.05, 4.69) is 15.1 Å². The first kappa shape index (κ1) is 13.1. The van der Waals surface area contributed by atoms with E-state index in [1.165, 1.54) is 0 Å². The summed E-state index contributed by atoms with van der Waals surface area (Å²) in [6, 6.07) is 7.07. The van der Waals surface area contributed by atoms with Gasteiger partial charge in [-0.2, -0.15) is 4.98 Å². The molecule has 0 saturated carbocycles. The fourth-order valence-corrected chi connectivity index (χ4v) is 2.12. The highest BCUT2D eigenvalue weighted by Crippen LogP contribution is 2.29. The van der Waals surface area contributed by atoms with E-state index >= 15 is 0 Å². The van der Waals surface area contributed by atoms with Gasteiger partial charge in [-0.25, -0.2) is 4.98 Å². The number of hydrogen-bond acceptors (Lipinski definition) is 6. The summed E-state index contributed by atoms with van der Waals surface area (Å²) >= 11 is 0. The van der Waals surface area contributed by atoms with Crippen LogP contribution < -0.4 is 5.73 Å². The van der Waals surface area contributed by atoms with Gasteiger partial charge in [-0.15, -0.1) is 0 Å². The molecular weight excluding hydrogens is 268 g/mol. The minimum atomic E-state index is 0.270. The Morgan fingerprint density at radius 1 is 1.19 bits per heavy atom. The molecule has 0 aliphatic carbocycles. The number of phenols is 1. The number of rotatable bonds is 2. The lowest BCUT2D eigenvalue weighted by atomic mass is 10.1. The molecule has 0 aliphatic rings. The first-order valence-electron chi connectivity index (χ1n) is 6.41. The molecule has 106 valence electrons. The Labute approximate surface area is 121 Å². The summed E-state index contributed by atoms with van der Waals surface area (Å²) in [6.07, 6.45) is 1.62. The van der Waals surface area contributed by atoms with Crippen LogP contribution in [-0.4, -0.2) is 20.2 Å². The van der Waals surface area contributed by atoms with Crippen molar-refractivity contribution in [2.75, 3.05) is 5.73 Å². The summed E-state index contributed by atoms with van der Waals surface area (Å²) in [6.45, 7) is 3.65. The van der Waals surface area contributed by atoms with Crippen LogP contribution in [0.2, 0.25) is 0 Å². The quantitative estimate of drug-likeness (QED) is 0.750. The lowest BCUT2D eigenvalue weighted by Gasteiger charge is -2.04. The van der Waals surface area contributed by atoms with E-state index in [0.717, 1.165) is 16.7 Å². The average molecular weight is 282 g/mol. The molecule has 0 unspecified atom stereocenters. The Bertz CT molecular complexity index is 788. The second-order valence-electron chi connectivity index (χ2n) is 4.82. The van der Waals surface area contributed by atoms with Crippen LogP contribution in [0.15, 0.2) is 35.0 Å². The Morgan fingerprint density at radius 3 is 2.57 bits per heavy atom. The minimum Gasteiger partial charge on any atom is -0.507 e. The molecule has 0 saturated heterocycles. The van der Waals surface area contributed by atoms with Crippen molar-refractivity contribution in [1.29, 1.82) is 0 Å². The van der Waals surface area contributed by atoms with Crippen LogP contribution in [0.4, 0.5) is 5.69 Å². The highest BCUT2D eigenvalue weighted by atomic mass is 16.5. The molecule has 0 aliphatic heterocycles. The molecule has 0 radical (unpaired) electrons.